The molecule has 20 heavy (non-hydrogen) atoms. The van der Waals surface area contributed by atoms with Gasteiger partial charge in [0.1, 0.15) is 0 Å². The summed E-state index contributed by atoms with van der Waals surface area (Å²) in [5, 5.41) is 2.35. The van der Waals surface area contributed by atoms with Crippen molar-refractivity contribution in [2.45, 2.75) is 6.92 Å². The van der Waals surface area contributed by atoms with E-state index in [0.29, 0.717) is 5.57 Å². The number of methoxy groups -OCH3 is 1. The third-order valence-electron chi connectivity index (χ3n) is 3.45. The number of nitrogens with one attached hydrogen (secondary N) is 1. The minimum atomic E-state index is -0.307. The van der Waals surface area contributed by atoms with Gasteiger partial charge in [-0.3, -0.25) is 0 Å². The second kappa shape index (κ2) is 4.85. The van der Waals surface area contributed by atoms with Gasteiger partial charge in [-0.1, -0.05) is 36.4 Å². The first-order valence-electron chi connectivity index (χ1n) is 6.47. The van der Waals surface area contributed by atoms with E-state index >= 15 is 0 Å². The lowest BCUT2D eigenvalue weighted by molar-refractivity contribution is -0.135. The number of benzene rings is 2. The summed E-state index contributed by atoms with van der Waals surface area (Å²) in [7, 11) is 1.39. The molecule has 100 valence electrons. The van der Waals surface area contributed by atoms with E-state index in [1.165, 1.54) is 12.5 Å². The fraction of sp³-hybridized carbons (Fsp3) is 0.118. The maximum Gasteiger partial charge on any atom is 0.333 e. The molecule has 0 unspecified atom stereocenters. The Morgan fingerprint density at radius 1 is 1.10 bits per heavy atom. The van der Waals surface area contributed by atoms with E-state index in [4.69, 9.17) is 4.74 Å². The van der Waals surface area contributed by atoms with Crippen molar-refractivity contribution >= 4 is 33.9 Å². The topological polar surface area (TPSA) is 42.1 Å². The van der Waals surface area contributed by atoms with Crippen LogP contribution in [0, 0.1) is 0 Å². The fourth-order valence-electron chi connectivity index (χ4n) is 2.47. The molecule has 0 saturated carbocycles. The molecule has 0 amide bonds. The molecule has 0 spiro atoms. The molecule has 2 aromatic carbocycles. The van der Waals surface area contributed by atoms with Crippen molar-refractivity contribution < 1.29 is 9.53 Å². The molecule has 1 heterocycles. The van der Waals surface area contributed by atoms with Crippen molar-refractivity contribution in [2.75, 3.05) is 7.11 Å². The zero-order valence-electron chi connectivity index (χ0n) is 11.4. The summed E-state index contributed by atoms with van der Waals surface area (Å²) < 4.78 is 4.74. The molecule has 0 aliphatic rings. The SMILES string of the molecule is COC(=O)/C(C)=C/c1cccc2c1[nH]c1ccccc12. The number of H-pyrrole nitrogens is 1. The van der Waals surface area contributed by atoms with Gasteiger partial charge in [0.25, 0.3) is 0 Å². The Kier molecular flexibility index (Phi) is 3.03. The molecule has 0 saturated heterocycles. The highest BCUT2D eigenvalue weighted by atomic mass is 16.5. The summed E-state index contributed by atoms with van der Waals surface area (Å²) in [6.45, 7) is 1.76. The number of ether oxygens (including phenoxy) is 1. The predicted molar refractivity (Wildman–Crippen MR) is 81.5 cm³/mol. The lowest BCUT2D eigenvalue weighted by Crippen LogP contribution is -2.01. The highest BCUT2D eigenvalue weighted by Gasteiger charge is 2.08. The summed E-state index contributed by atoms with van der Waals surface area (Å²) in [6, 6.07) is 14.2. The van der Waals surface area contributed by atoms with Crippen LogP contribution in [-0.4, -0.2) is 18.1 Å². The Bertz CT molecular complexity index is 827. The predicted octanol–water partition coefficient (Wildman–Crippen LogP) is 3.90. The van der Waals surface area contributed by atoms with Crippen LogP contribution in [0.15, 0.2) is 48.0 Å². The van der Waals surface area contributed by atoms with Crippen molar-refractivity contribution in [3.8, 4) is 0 Å². The Labute approximate surface area is 116 Å². The van der Waals surface area contributed by atoms with Crippen molar-refractivity contribution in [3.05, 3.63) is 53.6 Å². The van der Waals surface area contributed by atoms with Crippen LogP contribution in [0.25, 0.3) is 27.9 Å². The summed E-state index contributed by atoms with van der Waals surface area (Å²) in [6.07, 6.45) is 1.85. The van der Waals surface area contributed by atoms with Gasteiger partial charge in [-0.2, -0.15) is 0 Å². The van der Waals surface area contributed by atoms with E-state index in [1.807, 2.05) is 30.3 Å². The van der Waals surface area contributed by atoms with E-state index in [-0.39, 0.29) is 5.97 Å². The lowest BCUT2D eigenvalue weighted by atomic mass is 10.1. The maximum absolute atomic E-state index is 11.5. The van der Waals surface area contributed by atoms with Gasteiger partial charge in [-0.25, -0.2) is 4.79 Å². The number of carbonyl (C=O) groups is 1. The second-order valence-electron chi connectivity index (χ2n) is 4.76. The van der Waals surface area contributed by atoms with Crippen LogP contribution in [0.1, 0.15) is 12.5 Å². The first-order valence-corrected chi connectivity index (χ1v) is 6.47. The number of para-hydroxylation sites is 2. The first-order chi connectivity index (χ1) is 9.70. The number of rotatable bonds is 2. The van der Waals surface area contributed by atoms with Crippen molar-refractivity contribution in [2.24, 2.45) is 0 Å². The molecule has 0 aliphatic carbocycles. The number of esters is 1. The Balaban J connectivity index is 2.24. The van der Waals surface area contributed by atoms with E-state index in [0.717, 1.165) is 22.0 Å². The van der Waals surface area contributed by atoms with Crippen LogP contribution in [-0.2, 0) is 9.53 Å². The number of aromatic nitrogens is 1. The highest BCUT2D eigenvalue weighted by Crippen LogP contribution is 2.28. The Morgan fingerprint density at radius 3 is 2.65 bits per heavy atom. The smallest absolute Gasteiger partial charge is 0.333 e. The average Bonchev–Trinajstić information content (AvgIpc) is 2.86. The molecule has 3 rings (SSSR count). The Hall–Kier alpha value is -2.55. The number of hydrogen-bond donors (Lipinski definition) is 1. The third kappa shape index (κ3) is 1.97. The normalized spacial score (nSPS) is 12.0. The summed E-state index contributed by atoms with van der Waals surface area (Å²) >= 11 is 0. The van der Waals surface area contributed by atoms with Crippen molar-refractivity contribution in [3.63, 3.8) is 0 Å². The molecule has 3 aromatic rings. The van der Waals surface area contributed by atoms with Crippen molar-refractivity contribution in [1.29, 1.82) is 0 Å². The van der Waals surface area contributed by atoms with E-state index in [9.17, 15) is 4.79 Å². The summed E-state index contributed by atoms with van der Waals surface area (Å²) in [5.74, 6) is -0.307. The summed E-state index contributed by atoms with van der Waals surface area (Å²) in [4.78, 5) is 14.9. The number of carbonyl (C=O) groups excluding carboxylic acids is 1. The van der Waals surface area contributed by atoms with E-state index < -0.39 is 0 Å². The summed E-state index contributed by atoms with van der Waals surface area (Å²) in [5.41, 5.74) is 3.70. The van der Waals surface area contributed by atoms with Crippen LogP contribution in [0.2, 0.25) is 0 Å². The monoisotopic (exact) mass is 265 g/mol. The van der Waals surface area contributed by atoms with Gasteiger partial charge < -0.3 is 9.72 Å². The van der Waals surface area contributed by atoms with Gasteiger partial charge in [0.2, 0.25) is 0 Å². The third-order valence-corrected chi connectivity index (χ3v) is 3.45. The molecular formula is C17H15NO2. The molecular weight excluding hydrogens is 250 g/mol. The maximum atomic E-state index is 11.5. The van der Waals surface area contributed by atoms with Gasteiger partial charge in [0.05, 0.1) is 12.6 Å². The Morgan fingerprint density at radius 2 is 1.85 bits per heavy atom. The quantitative estimate of drug-likeness (QED) is 0.564. The molecule has 3 nitrogen and oxygen atoms in total. The zero-order valence-corrected chi connectivity index (χ0v) is 11.4. The van der Waals surface area contributed by atoms with Crippen molar-refractivity contribution in [1.82, 2.24) is 4.98 Å². The van der Waals surface area contributed by atoms with Crippen LogP contribution in [0.5, 0.6) is 0 Å². The largest absolute Gasteiger partial charge is 0.466 e. The zero-order chi connectivity index (χ0) is 14.1. The van der Waals surface area contributed by atoms with Gasteiger partial charge >= 0.3 is 5.97 Å². The highest BCUT2D eigenvalue weighted by molar-refractivity contribution is 6.10. The fourth-order valence-corrected chi connectivity index (χ4v) is 2.47. The minimum Gasteiger partial charge on any atom is -0.466 e. The van der Waals surface area contributed by atoms with E-state index in [2.05, 4.69) is 23.2 Å². The van der Waals surface area contributed by atoms with Crippen LogP contribution in [0.3, 0.4) is 0 Å². The van der Waals surface area contributed by atoms with Gasteiger partial charge in [-0.05, 0) is 24.6 Å². The lowest BCUT2D eigenvalue weighted by Gasteiger charge is -2.01. The van der Waals surface area contributed by atoms with Gasteiger partial charge in [0, 0.05) is 21.9 Å². The minimum absolute atomic E-state index is 0.307. The second-order valence-corrected chi connectivity index (χ2v) is 4.76. The van der Waals surface area contributed by atoms with Gasteiger partial charge in [0.15, 0.2) is 0 Å². The molecule has 1 aromatic heterocycles. The number of aromatic amines is 1. The molecule has 3 heteroatoms. The molecule has 1 N–H and O–H groups in total. The van der Waals surface area contributed by atoms with Crippen LogP contribution >= 0.6 is 0 Å². The molecule has 0 aliphatic heterocycles. The standard InChI is InChI=1S/C17H15NO2/c1-11(17(19)20-2)10-12-6-5-8-14-13-7-3-4-9-15(13)18-16(12)14/h3-10,18H,1-2H3/b11-10+. The average molecular weight is 265 g/mol. The molecule has 0 bridgehead atoms. The first kappa shape index (κ1) is 12.5. The molecule has 0 fully saturated rings. The van der Waals surface area contributed by atoms with Gasteiger partial charge in [-0.15, -0.1) is 0 Å². The van der Waals surface area contributed by atoms with Crippen LogP contribution < -0.4 is 0 Å². The molecule has 0 radical (unpaired) electrons. The number of fused-ring (bicyclic) bond motifs is 3. The van der Waals surface area contributed by atoms with E-state index in [1.54, 1.807) is 6.92 Å². The number of hydrogen-bond acceptors (Lipinski definition) is 2. The van der Waals surface area contributed by atoms with Crippen LogP contribution in [0.4, 0.5) is 0 Å². The molecule has 0 atom stereocenters.